The third-order valence-corrected chi connectivity index (χ3v) is 4.45. The number of piperidine rings is 1. The Kier molecular flexibility index (Phi) is 5.08. The SMILES string of the molecule is Cc1nccc(CNC(=O)N2CCC[C@H](Cc3nccn3C)C2)n1. The molecular formula is C17H24N6O. The van der Waals surface area contributed by atoms with Crippen molar-refractivity contribution in [2.75, 3.05) is 13.1 Å². The molecule has 1 N–H and O–H groups in total. The molecule has 24 heavy (non-hydrogen) atoms. The van der Waals surface area contributed by atoms with E-state index in [4.69, 9.17) is 0 Å². The molecule has 2 aromatic rings. The van der Waals surface area contributed by atoms with Crippen molar-refractivity contribution in [2.45, 2.75) is 32.7 Å². The van der Waals surface area contributed by atoms with Crippen LogP contribution >= 0.6 is 0 Å². The van der Waals surface area contributed by atoms with Crippen LogP contribution in [0.1, 0.15) is 30.2 Å². The highest BCUT2D eigenvalue weighted by atomic mass is 16.2. The Morgan fingerprint density at radius 1 is 1.38 bits per heavy atom. The van der Waals surface area contributed by atoms with Crippen molar-refractivity contribution < 1.29 is 4.79 Å². The standard InChI is InChI=1S/C17H24N6O/c1-13-18-6-5-15(21-13)11-20-17(24)23-8-3-4-14(12-23)10-16-19-7-9-22(16)2/h5-7,9,14H,3-4,8,10-12H2,1-2H3,(H,20,24)/t14-/m1/s1. The lowest BCUT2D eigenvalue weighted by Crippen LogP contribution is -2.45. The number of rotatable bonds is 4. The molecule has 1 aliphatic rings. The molecule has 0 saturated carbocycles. The van der Waals surface area contributed by atoms with Gasteiger partial charge in [-0.05, 0) is 31.7 Å². The van der Waals surface area contributed by atoms with Gasteiger partial charge < -0.3 is 14.8 Å². The van der Waals surface area contributed by atoms with Gasteiger partial charge in [0.25, 0.3) is 0 Å². The third-order valence-electron chi connectivity index (χ3n) is 4.45. The maximum atomic E-state index is 12.4. The molecule has 7 heteroatoms. The Balaban J connectivity index is 1.52. The summed E-state index contributed by atoms with van der Waals surface area (Å²) in [7, 11) is 2.01. The largest absolute Gasteiger partial charge is 0.338 e. The molecular weight excluding hydrogens is 304 g/mol. The predicted molar refractivity (Wildman–Crippen MR) is 90.2 cm³/mol. The number of carbonyl (C=O) groups excluding carboxylic acids is 1. The predicted octanol–water partition coefficient (Wildman–Crippen LogP) is 1.68. The van der Waals surface area contributed by atoms with E-state index in [1.807, 2.05) is 37.3 Å². The topological polar surface area (TPSA) is 75.9 Å². The van der Waals surface area contributed by atoms with Crippen molar-refractivity contribution in [3.8, 4) is 0 Å². The fourth-order valence-electron chi connectivity index (χ4n) is 3.15. The Morgan fingerprint density at radius 3 is 3.00 bits per heavy atom. The summed E-state index contributed by atoms with van der Waals surface area (Å²) < 4.78 is 2.05. The highest BCUT2D eigenvalue weighted by Crippen LogP contribution is 2.20. The van der Waals surface area contributed by atoms with E-state index >= 15 is 0 Å². The lowest BCUT2D eigenvalue weighted by molar-refractivity contribution is 0.164. The van der Waals surface area contributed by atoms with Gasteiger partial charge in [-0.3, -0.25) is 0 Å². The second-order valence-corrected chi connectivity index (χ2v) is 6.37. The van der Waals surface area contributed by atoms with Crippen molar-refractivity contribution in [3.05, 3.63) is 42.0 Å². The van der Waals surface area contributed by atoms with Gasteiger partial charge in [0.05, 0.1) is 12.2 Å². The maximum Gasteiger partial charge on any atom is 0.317 e. The smallest absolute Gasteiger partial charge is 0.317 e. The molecule has 0 aromatic carbocycles. The van der Waals surface area contributed by atoms with E-state index < -0.39 is 0 Å². The summed E-state index contributed by atoms with van der Waals surface area (Å²) in [5.41, 5.74) is 0.831. The highest BCUT2D eigenvalue weighted by Gasteiger charge is 2.24. The normalized spacial score (nSPS) is 17.8. The molecule has 3 heterocycles. The highest BCUT2D eigenvalue weighted by molar-refractivity contribution is 5.74. The molecule has 1 aliphatic heterocycles. The zero-order chi connectivity index (χ0) is 16.9. The number of hydrogen-bond acceptors (Lipinski definition) is 4. The zero-order valence-corrected chi connectivity index (χ0v) is 14.3. The van der Waals surface area contributed by atoms with E-state index in [9.17, 15) is 4.79 Å². The number of aromatic nitrogens is 4. The van der Waals surface area contributed by atoms with Gasteiger partial charge in [-0.15, -0.1) is 0 Å². The summed E-state index contributed by atoms with van der Waals surface area (Å²) in [4.78, 5) is 27.1. The summed E-state index contributed by atoms with van der Waals surface area (Å²) in [5, 5.41) is 2.96. The number of aryl methyl sites for hydroxylation is 2. The second-order valence-electron chi connectivity index (χ2n) is 6.37. The average molecular weight is 328 g/mol. The molecule has 0 spiro atoms. The van der Waals surface area contributed by atoms with Gasteiger partial charge in [-0.1, -0.05) is 0 Å². The number of imidazole rings is 1. The van der Waals surface area contributed by atoms with Gasteiger partial charge in [-0.25, -0.2) is 19.7 Å². The van der Waals surface area contributed by atoms with Crippen molar-refractivity contribution in [3.63, 3.8) is 0 Å². The molecule has 0 aliphatic carbocycles. The van der Waals surface area contributed by atoms with Gasteiger partial charge in [0, 0.05) is 45.1 Å². The van der Waals surface area contributed by atoms with Crippen LogP contribution in [-0.4, -0.2) is 43.5 Å². The number of amides is 2. The number of likely N-dealkylation sites (tertiary alicyclic amines) is 1. The lowest BCUT2D eigenvalue weighted by atomic mass is 9.94. The number of nitrogens with zero attached hydrogens (tertiary/aromatic N) is 5. The minimum Gasteiger partial charge on any atom is -0.338 e. The van der Waals surface area contributed by atoms with Gasteiger partial charge in [-0.2, -0.15) is 0 Å². The number of carbonyl (C=O) groups is 1. The van der Waals surface area contributed by atoms with Crippen LogP contribution in [0.3, 0.4) is 0 Å². The molecule has 0 radical (unpaired) electrons. The monoisotopic (exact) mass is 328 g/mol. The van der Waals surface area contributed by atoms with Crippen LogP contribution in [0.2, 0.25) is 0 Å². The molecule has 0 unspecified atom stereocenters. The number of nitrogens with one attached hydrogen (secondary N) is 1. The second kappa shape index (κ2) is 7.42. The van der Waals surface area contributed by atoms with Crippen molar-refractivity contribution in [1.29, 1.82) is 0 Å². The van der Waals surface area contributed by atoms with Crippen LogP contribution < -0.4 is 5.32 Å². The van der Waals surface area contributed by atoms with Crippen molar-refractivity contribution >= 4 is 6.03 Å². The van der Waals surface area contributed by atoms with E-state index in [0.717, 1.165) is 49.7 Å². The van der Waals surface area contributed by atoms with Gasteiger partial charge in [0.15, 0.2) is 0 Å². The Bertz CT molecular complexity index is 698. The van der Waals surface area contributed by atoms with E-state index in [1.165, 1.54) is 0 Å². The molecule has 2 aromatic heterocycles. The molecule has 0 bridgehead atoms. The fraction of sp³-hybridized carbons (Fsp3) is 0.529. The van der Waals surface area contributed by atoms with Crippen LogP contribution in [-0.2, 0) is 20.0 Å². The fourth-order valence-corrected chi connectivity index (χ4v) is 3.15. The first kappa shape index (κ1) is 16.4. The van der Waals surface area contributed by atoms with Crippen LogP contribution in [0, 0.1) is 12.8 Å². The molecule has 7 nitrogen and oxygen atoms in total. The van der Waals surface area contributed by atoms with Crippen molar-refractivity contribution in [1.82, 2.24) is 29.7 Å². The van der Waals surface area contributed by atoms with E-state index in [1.54, 1.807) is 6.20 Å². The Morgan fingerprint density at radius 2 is 2.25 bits per heavy atom. The third kappa shape index (κ3) is 4.10. The maximum absolute atomic E-state index is 12.4. The van der Waals surface area contributed by atoms with Crippen molar-refractivity contribution in [2.24, 2.45) is 13.0 Å². The number of hydrogen-bond donors (Lipinski definition) is 1. The quantitative estimate of drug-likeness (QED) is 0.926. The molecule has 1 saturated heterocycles. The summed E-state index contributed by atoms with van der Waals surface area (Å²) in [6.07, 6.45) is 8.60. The van der Waals surface area contributed by atoms with Crippen LogP contribution in [0.5, 0.6) is 0 Å². The minimum absolute atomic E-state index is 0.0178. The Labute approximate surface area is 142 Å². The van der Waals surface area contributed by atoms with Gasteiger partial charge in [0.1, 0.15) is 11.6 Å². The first-order chi connectivity index (χ1) is 11.6. The molecule has 128 valence electrons. The first-order valence-corrected chi connectivity index (χ1v) is 8.39. The number of urea groups is 1. The molecule has 3 rings (SSSR count). The molecule has 2 amide bonds. The summed E-state index contributed by atoms with van der Waals surface area (Å²) in [6.45, 7) is 3.87. The van der Waals surface area contributed by atoms with E-state index in [-0.39, 0.29) is 6.03 Å². The summed E-state index contributed by atoms with van der Waals surface area (Å²) in [5.74, 6) is 2.26. The van der Waals surface area contributed by atoms with Crippen LogP contribution in [0.15, 0.2) is 24.7 Å². The lowest BCUT2D eigenvalue weighted by Gasteiger charge is -2.32. The van der Waals surface area contributed by atoms with E-state index in [0.29, 0.717) is 12.5 Å². The van der Waals surface area contributed by atoms with Crippen LogP contribution in [0.25, 0.3) is 0 Å². The minimum atomic E-state index is -0.0178. The summed E-state index contributed by atoms with van der Waals surface area (Å²) >= 11 is 0. The van der Waals surface area contributed by atoms with E-state index in [2.05, 4.69) is 24.8 Å². The molecule has 1 atom stereocenters. The zero-order valence-electron chi connectivity index (χ0n) is 14.3. The van der Waals surface area contributed by atoms with Gasteiger partial charge >= 0.3 is 6.03 Å². The Hall–Kier alpha value is -2.44. The first-order valence-electron chi connectivity index (χ1n) is 8.39. The van der Waals surface area contributed by atoms with Crippen LogP contribution in [0.4, 0.5) is 4.79 Å². The van der Waals surface area contributed by atoms with Gasteiger partial charge in [0.2, 0.25) is 0 Å². The average Bonchev–Trinajstić information content (AvgIpc) is 2.98. The summed E-state index contributed by atoms with van der Waals surface area (Å²) in [6, 6.07) is 1.81. The molecule has 1 fully saturated rings.